The Balaban J connectivity index is 2.07. The van der Waals surface area contributed by atoms with Gasteiger partial charge in [-0.15, -0.1) is 0 Å². The maximum absolute atomic E-state index is 10.8. The highest BCUT2D eigenvalue weighted by Gasteiger charge is 2.27. The number of benzene rings is 1. The van der Waals surface area contributed by atoms with Crippen LogP contribution < -0.4 is 5.32 Å². The van der Waals surface area contributed by atoms with Gasteiger partial charge in [-0.3, -0.25) is 10.1 Å². The second-order valence-corrected chi connectivity index (χ2v) is 5.38. The van der Waals surface area contributed by atoms with Crippen LogP contribution in [0.2, 0.25) is 0 Å². The van der Waals surface area contributed by atoms with Gasteiger partial charge in [0.2, 0.25) is 0 Å². The first kappa shape index (κ1) is 14.3. The molecule has 0 aliphatic carbocycles. The van der Waals surface area contributed by atoms with E-state index in [1.54, 1.807) is 6.07 Å². The van der Waals surface area contributed by atoms with E-state index in [1.165, 1.54) is 12.1 Å². The van der Waals surface area contributed by atoms with Crippen molar-refractivity contribution in [3.8, 4) is 6.07 Å². The molecule has 1 aliphatic rings. The van der Waals surface area contributed by atoms with Crippen LogP contribution in [0.5, 0.6) is 0 Å². The summed E-state index contributed by atoms with van der Waals surface area (Å²) in [5.41, 5.74) is 0.819. The van der Waals surface area contributed by atoms with E-state index in [-0.39, 0.29) is 16.7 Å². The molecule has 0 bridgehead atoms. The first-order chi connectivity index (χ1) is 9.54. The summed E-state index contributed by atoms with van der Waals surface area (Å²) < 4.78 is 5.35. The van der Waals surface area contributed by atoms with Crippen LogP contribution in [0.1, 0.15) is 25.3 Å². The Bertz CT molecular complexity index is 545. The molecule has 6 heteroatoms. The summed E-state index contributed by atoms with van der Waals surface area (Å²) >= 11 is 0. The molecular formula is C14H17N3O3. The third kappa shape index (κ3) is 3.25. The zero-order chi connectivity index (χ0) is 14.6. The molecule has 20 heavy (non-hydrogen) atoms. The largest absolute Gasteiger partial charge is 0.384 e. The van der Waals surface area contributed by atoms with Crippen molar-refractivity contribution in [2.75, 3.05) is 25.1 Å². The molecule has 0 atom stereocenters. The van der Waals surface area contributed by atoms with Crippen LogP contribution in [0.4, 0.5) is 11.4 Å². The number of anilines is 1. The second-order valence-electron chi connectivity index (χ2n) is 5.38. The monoisotopic (exact) mass is 275 g/mol. The van der Waals surface area contributed by atoms with Gasteiger partial charge in [0.15, 0.2) is 0 Å². The van der Waals surface area contributed by atoms with Crippen molar-refractivity contribution in [3.05, 3.63) is 33.9 Å². The van der Waals surface area contributed by atoms with Gasteiger partial charge in [0, 0.05) is 31.5 Å². The van der Waals surface area contributed by atoms with Gasteiger partial charge in [0.1, 0.15) is 11.6 Å². The van der Waals surface area contributed by atoms with Crippen LogP contribution in [-0.2, 0) is 4.74 Å². The first-order valence-corrected chi connectivity index (χ1v) is 6.54. The summed E-state index contributed by atoms with van der Waals surface area (Å²) in [5, 5.41) is 23.0. The number of hydrogen-bond donors (Lipinski definition) is 1. The molecule has 1 N–H and O–H groups in total. The van der Waals surface area contributed by atoms with Crippen LogP contribution in [0.25, 0.3) is 0 Å². The lowest BCUT2D eigenvalue weighted by molar-refractivity contribution is -0.385. The number of nitro benzene ring substituents is 1. The number of nitro groups is 1. The smallest absolute Gasteiger partial charge is 0.287 e. The first-order valence-electron chi connectivity index (χ1n) is 6.54. The summed E-state index contributed by atoms with van der Waals surface area (Å²) in [6.07, 6.45) is 1.97. The number of ether oxygens (including phenoxy) is 1. The Morgan fingerprint density at radius 1 is 1.50 bits per heavy atom. The maximum Gasteiger partial charge on any atom is 0.287 e. The van der Waals surface area contributed by atoms with Gasteiger partial charge in [-0.2, -0.15) is 5.26 Å². The number of rotatable bonds is 4. The number of nitriles is 1. The molecule has 0 radical (unpaired) electrons. The average Bonchev–Trinajstić information content (AvgIpc) is 2.45. The molecule has 0 spiro atoms. The fraction of sp³-hybridized carbons (Fsp3) is 0.500. The molecule has 1 heterocycles. The molecule has 1 saturated heterocycles. The van der Waals surface area contributed by atoms with Crippen LogP contribution in [0, 0.1) is 26.9 Å². The Kier molecular flexibility index (Phi) is 4.20. The second kappa shape index (κ2) is 5.88. The summed E-state index contributed by atoms with van der Waals surface area (Å²) in [7, 11) is 0. The SMILES string of the molecule is CC1(CNc2ccc([N+](=O)[O-])c(C#N)c2)CCOCC1. The molecule has 0 saturated carbocycles. The minimum Gasteiger partial charge on any atom is -0.384 e. The molecule has 0 unspecified atom stereocenters. The average molecular weight is 275 g/mol. The van der Waals surface area contributed by atoms with Gasteiger partial charge in [0.25, 0.3) is 5.69 Å². The van der Waals surface area contributed by atoms with E-state index in [0.29, 0.717) is 0 Å². The number of nitrogens with zero attached hydrogens (tertiary/aromatic N) is 2. The Morgan fingerprint density at radius 3 is 2.80 bits per heavy atom. The lowest BCUT2D eigenvalue weighted by Gasteiger charge is -2.33. The van der Waals surface area contributed by atoms with Crippen molar-refractivity contribution in [2.45, 2.75) is 19.8 Å². The summed E-state index contributed by atoms with van der Waals surface area (Å²) in [6, 6.07) is 6.40. The Morgan fingerprint density at radius 2 is 2.20 bits per heavy atom. The fourth-order valence-corrected chi connectivity index (χ4v) is 2.25. The minimum absolute atomic E-state index is 0.0807. The standard InChI is InChI=1S/C14H17N3O3/c1-14(4-6-20-7-5-14)10-16-12-2-3-13(17(18)19)11(8-12)9-15/h2-3,8,16H,4-7,10H2,1H3. The quantitative estimate of drug-likeness (QED) is 0.674. The van der Waals surface area contributed by atoms with E-state index in [0.717, 1.165) is 38.3 Å². The van der Waals surface area contributed by atoms with Gasteiger partial charge < -0.3 is 10.1 Å². The topological polar surface area (TPSA) is 88.2 Å². The normalized spacial score (nSPS) is 17.2. The van der Waals surface area contributed by atoms with E-state index in [4.69, 9.17) is 10.00 Å². The van der Waals surface area contributed by atoms with Gasteiger partial charge in [0.05, 0.1) is 4.92 Å². The number of nitrogens with one attached hydrogen (secondary N) is 1. The molecule has 1 aliphatic heterocycles. The zero-order valence-electron chi connectivity index (χ0n) is 11.4. The van der Waals surface area contributed by atoms with Gasteiger partial charge in [-0.25, -0.2) is 0 Å². The zero-order valence-corrected chi connectivity index (χ0v) is 11.4. The molecule has 1 aromatic carbocycles. The van der Waals surface area contributed by atoms with E-state index < -0.39 is 4.92 Å². The van der Waals surface area contributed by atoms with Crippen LogP contribution >= 0.6 is 0 Å². The van der Waals surface area contributed by atoms with Crippen molar-refractivity contribution in [2.24, 2.45) is 5.41 Å². The maximum atomic E-state index is 10.8. The van der Waals surface area contributed by atoms with Crippen LogP contribution in [0.15, 0.2) is 18.2 Å². The Hall–Kier alpha value is -2.13. The van der Waals surface area contributed by atoms with Crippen molar-refractivity contribution < 1.29 is 9.66 Å². The van der Waals surface area contributed by atoms with Crippen molar-refractivity contribution >= 4 is 11.4 Å². The van der Waals surface area contributed by atoms with Crippen molar-refractivity contribution in [1.82, 2.24) is 0 Å². The molecule has 106 valence electrons. The molecule has 1 fully saturated rings. The van der Waals surface area contributed by atoms with Gasteiger partial charge in [-0.1, -0.05) is 6.92 Å². The predicted octanol–water partition coefficient (Wildman–Crippen LogP) is 2.70. The lowest BCUT2D eigenvalue weighted by atomic mass is 9.82. The molecule has 6 nitrogen and oxygen atoms in total. The van der Waals surface area contributed by atoms with Crippen molar-refractivity contribution in [3.63, 3.8) is 0 Å². The van der Waals surface area contributed by atoms with Crippen LogP contribution in [-0.4, -0.2) is 24.7 Å². The highest BCUT2D eigenvalue weighted by atomic mass is 16.6. The summed E-state index contributed by atoms with van der Waals surface area (Å²) in [4.78, 5) is 10.2. The molecule has 1 aromatic rings. The van der Waals surface area contributed by atoms with E-state index >= 15 is 0 Å². The highest BCUT2D eigenvalue weighted by molar-refractivity contribution is 5.58. The predicted molar refractivity (Wildman–Crippen MR) is 74.5 cm³/mol. The lowest BCUT2D eigenvalue weighted by Crippen LogP contribution is -2.33. The van der Waals surface area contributed by atoms with Crippen LogP contribution in [0.3, 0.4) is 0 Å². The molecule has 2 rings (SSSR count). The van der Waals surface area contributed by atoms with E-state index in [1.807, 2.05) is 6.07 Å². The Labute approximate surface area is 117 Å². The van der Waals surface area contributed by atoms with Gasteiger partial charge >= 0.3 is 0 Å². The van der Waals surface area contributed by atoms with E-state index in [9.17, 15) is 10.1 Å². The van der Waals surface area contributed by atoms with Crippen molar-refractivity contribution in [1.29, 1.82) is 5.26 Å². The fourth-order valence-electron chi connectivity index (χ4n) is 2.25. The van der Waals surface area contributed by atoms with Gasteiger partial charge in [-0.05, 0) is 30.4 Å². The summed E-state index contributed by atoms with van der Waals surface area (Å²) in [6.45, 7) is 4.49. The molecule has 0 aromatic heterocycles. The highest BCUT2D eigenvalue weighted by Crippen LogP contribution is 2.30. The molecular weight excluding hydrogens is 258 g/mol. The number of hydrogen-bond acceptors (Lipinski definition) is 5. The third-order valence-corrected chi connectivity index (χ3v) is 3.73. The minimum atomic E-state index is -0.540. The third-order valence-electron chi connectivity index (χ3n) is 3.73. The summed E-state index contributed by atoms with van der Waals surface area (Å²) in [5.74, 6) is 0. The van der Waals surface area contributed by atoms with E-state index in [2.05, 4.69) is 12.2 Å². The molecule has 0 amide bonds.